The molecule has 0 bridgehead atoms. The first kappa shape index (κ1) is 20.7. The quantitative estimate of drug-likeness (QED) is 0.790. The summed E-state index contributed by atoms with van der Waals surface area (Å²) in [7, 11) is 0. The number of hydrogen-bond acceptors (Lipinski definition) is 5. The lowest BCUT2D eigenvalue weighted by Crippen LogP contribution is -2.47. The van der Waals surface area contributed by atoms with E-state index < -0.39 is 0 Å². The number of likely N-dealkylation sites (tertiary alicyclic amines) is 2. The lowest BCUT2D eigenvalue weighted by molar-refractivity contribution is -0.137. The number of rotatable bonds is 4. The fraction of sp³-hybridized carbons (Fsp3) is 0.500. The molecule has 0 unspecified atom stereocenters. The number of furan rings is 1. The second-order valence-corrected chi connectivity index (χ2v) is 8.59. The normalized spacial score (nSPS) is 20.9. The van der Waals surface area contributed by atoms with Crippen LogP contribution in [0.1, 0.15) is 43.0 Å². The highest BCUT2D eigenvalue weighted by molar-refractivity contribution is 5.80. The Morgan fingerprint density at radius 1 is 1.00 bits per heavy atom. The van der Waals surface area contributed by atoms with Crippen molar-refractivity contribution in [3.8, 4) is 11.5 Å². The minimum Gasteiger partial charge on any atom is -0.486 e. The van der Waals surface area contributed by atoms with Gasteiger partial charge in [0.25, 0.3) is 0 Å². The SMILES string of the molecule is O=C(NCc1ccco1)N1CCC(C(=O)N2CCC[C@@H]2c2ccc3c(c2)OCCO3)CC1. The number of hydrogen-bond donors (Lipinski definition) is 1. The van der Waals surface area contributed by atoms with E-state index >= 15 is 0 Å². The van der Waals surface area contributed by atoms with Crippen molar-refractivity contribution >= 4 is 11.9 Å². The van der Waals surface area contributed by atoms with Crippen molar-refractivity contribution in [3.05, 3.63) is 47.9 Å². The first-order chi connectivity index (χ1) is 15.7. The van der Waals surface area contributed by atoms with Crippen LogP contribution in [0.2, 0.25) is 0 Å². The van der Waals surface area contributed by atoms with Gasteiger partial charge in [-0.1, -0.05) is 6.07 Å². The van der Waals surface area contributed by atoms with Crippen molar-refractivity contribution < 1.29 is 23.5 Å². The van der Waals surface area contributed by atoms with Crippen LogP contribution in [0.5, 0.6) is 11.5 Å². The molecule has 0 aliphatic carbocycles. The van der Waals surface area contributed by atoms with Crippen LogP contribution in [0.25, 0.3) is 0 Å². The van der Waals surface area contributed by atoms with Gasteiger partial charge in [0.1, 0.15) is 19.0 Å². The number of benzene rings is 1. The molecule has 0 radical (unpaired) electrons. The second-order valence-electron chi connectivity index (χ2n) is 8.59. The molecule has 2 aromatic rings. The third-order valence-electron chi connectivity index (χ3n) is 6.61. The van der Waals surface area contributed by atoms with Gasteiger partial charge in [-0.05, 0) is 55.5 Å². The van der Waals surface area contributed by atoms with E-state index in [4.69, 9.17) is 13.9 Å². The van der Waals surface area contributed by atoms with Crippen LogP contribution in [0.3, 0.4) is 0 Å². The molecule has 3 aliphatic rings. The predicted octanol–water partition coefficient (Wildman–Crippen LogP) is 3.34. The third kappa shape index (κ3) is 4.26. The average Bonchev–Trinajstić information content (AvgIpc) is 3.54. The van der Waals surface area contributed by atoms with Gasteiger partial charge in [-0.3, -0.25) is 4.79 Å². The molecule has 32 heavy (non-hydrogen) atoms. The standard InChI is InChI=1S/C24H29N3O5/c28-23(17-7-10-26(11-8-17)24(29)25-16-19-3-2-12-30-19)27-9-1-4-20(27)18-5-6-21-22(15-18)32-14-13-31-21/h2-3,5-6,12,15,17,20H,1,4,7-11,13-14,16H2,(H,25,29)/t20-/m1/s1. The zero-order valence-electron chi connectivity index (χ0n) is 18.1. The van der Waals surface area contributed by atoms with Crippen molar-refractivity contribution in [1.29, 1.82) is 0 Å². The lowest BCUT2D eigenvalue weighted by atomic mass is 9.94. The fourth-order valence-electron chi connectivity index (χ4n) is 4.90. The summed E-state index contributed by atoms with van der Waals surface area (Å²) >= 11 is 0. The molecule has 5 rings (SSSR count). The number of nitrogens with one attached hydrogen (secondary N) is 1. The maximum absolute atomic E-state index is 13.4. The monoisotopic (exact) mass is 439 g/mol. The van der Waals surface area contributed by atoms with Crippen LogP contribution in [0, 0.1) is 5.92 Å². The molecule has 2 fully saturated rings. The largest absolute Gasteiger partial charge is 0.486 e. The van der Waals surface area contributed by atoms with Gasteiger partial charge in [-0.2, -0.15) is 0 Å². The maximum atomic E-state index is 13.4. The Balaban J connectivity index is 1.17. The Morgan fingerprint density at radius 3 is 2.59 bits per heavy atom. The fourth-order valence-corrected chi connectivity index (χ4v) is 4.90. The van der Waals surface area contributed by atoms with E-state index in [0.29, 0.717) is 45.7 Å². The molecular formula is C24H29N3O5. The van der Waals surface area contributed by atoms with Crippen LogP contribution >= 0.6 is 0 Å². The summed E-state index contributed by atoms with van der Waals surface area (Å²) in [5.74, 6) is 2.43. The number of fused-ring (bicyclic) bond motifs is 1. The van der Waals surface area contributed by atoms with Gasteiger partial charge in [0, 0.05) is 25.6 Å². The van der Waals surface area contributed by atoms with Gasteiger partial charge in [-0.15, -0.1) is 0 Å². The predicted molar refractivity (Wildman–Crippen MR) is 116 cm³/mol. The molecule has 3 amide bonds. The summed E-state index contributed by atoms with van der Waals surface area (Å²) in [6.45, 7) is 3.45. The molecule has 4 heterocycles. The number of carbonyl (C=O) groups excluding carboxylic acids is 2. The van der Waals surface area contributed by atoms with Gasteiger partial charge >= 0.3 is 6.03 Å². The van der Waals surface area contributed by atoms with Crippen molar-refractivity contribution in [3.63, 3.8) is 0 Å². The molecule has 1 N–H and O–H groups in total. The number of piperidine rings is 1. The Labute approximate surface area is 187 Å². The van der Waals surface area contributed by atoms with Crippen LogP contribution < -0.4 is 14.8 Å². The molecule has 0 spiro atoms. The van der Waals surface area contributed by atoms with E-state index in [1.165, 1.54) is 0 Å². The smallest absolute Gasteiger partial charge is 0.317 e. The lowest BCUT2D eigenvalue weighted by Gasteiger charge is -2.35. The Bertz CT molecular complexity index is 953. The zero-order valence-corrected chi connectivity index (χ0v) is 18.1. The summed E-state index contributed by atoms with van der Waals surface area (Å²) in [6, 6.07) is 9.63. The molecule has 1 aromatic carbocycles. The maximum Gasteiger partial charge on any atom is 0.317 e. The summed E-state index contributed by atoms with van der Waals surface area (Å²) in [4.78, 5) is 29.6. The Morgan fingerprint density at radius 2 is 1.81 bits per heavy atom. The van der Waals surface area contributed by atoms with Crippen LogP contribution in [-0.4, -0.2) is 54.6 Å². The summed E-state index contributed by atoms with van der Waals surface area (Å²) in [5.41, 5.74) is 1.11. The van der Waals surface area contributed by atoms with Crippen molar-refractivity contribution in [2.75, 3.05) is 32.8 Å². The summed E-state index contributed by atoms with van der Waals surface area (Å²) in [6.07, 6.45) is 4.93. The molecule has 170 valence electrons. The minimum atomic E-state index is -0.109. The van der Waals surface area contributed by atoms with Gasteiger partial charge in [0.05, 0.1) is 18.8 Å². The number of ether oxygens (including phenoxy) is 2. The van der Waals surface area contributed by atoms with Gasteiger partial charge in [0.15, 0.2) is 11.5 Å². The average molecular weight is 440 g/mol. The topological polar surface area (TPSA) is 84.3 Å². The second kappa shape index (κ2) is 9.14. The Kier molecular flexibility index (Phi) is 5.92. The highest BCUT2D eigenvalue weighted by Crippen LogP contribution is 2.39. The highest BCUT2D eigenvalue weighted by atomic mass is 16.6. The molecule has 1 atom stereocenters. The van der Waals surface area contributed by atoms with Gasteiger partial charge in [0.2, 0.25) is 5.91 Å². The number of amides is 3. The van der Waals surface area contributed by atoms with Gasteiger partial charge in [-0.25, -0.2) is 4.79 Å². The van der Waals surface area contributed by atoms with E-state index in [9.17, 15) is 9.59 Å². The van der Waals surface area contributed by atoms with E-state index in [1.54, 1.807) is 17.2 Å². The zero-order chi connectivity index (χ0) is 21.9. The molecule has 2 saturated heterocycles. The van der Waals surface area contributed by atoms with Crippen molar-refractivity contribution in [2.45, 2.75) is 38.3 Å². The van der Waals surface area contributed by atoms with Gasteiger partial charge < -0.3 is 29.0 Å². The number of carbonyl (C=O) groups is 2. The molecule has 8 heteroatoms. The first-order valence-corrected chi connectivity index (χ1v) is 11.4. The van der Waals surface area contributed by atoms with E-state index in [1.807, 2.05) is 23.1 Å². The van der Waals surface area contributed by atoms with Crippen LogP contribution in [0.15, 0.2) is 41.0 Å². The molecular weight excluding hydrogens is 410 g/mol. The number of urea groups is 1. The molecule has 0 saturated carbocycles. The third-order valence-corrected chi connectivity index (χ3v) is 6.61. The molecule has 8 nitrogen and oxygen atoms in total. The van der Waals surface area contributed by atoms with Crippen LogP contribution in [0.4, 0.5) is 4.79 Å². The highest BCUT2D eigenvalue weighted by Gasteiger charge is 2.36. The van der Waals surface area contributed by atoms with E-state index in [2.05, 4.69) is 11.4 Å². The number of nitrogens with zero attached hydrogens (tertiary/aromatic N) is 2. The first-order valence-electron chi connectivity index (χ1n) is 11.4. The van der Waals surface area contributed by atoms with Crippen molar-refractivity contribution in [1.82, 2.24) is 15.1 Å². The summed E-state index contributed by atoms with van der Waals surface area (Å²) in [5, 5.41) is 2.88. The van der Waals surface area contributed by atoms with E-state index in [-0.39, 0.29) is 23.9 Å². The molecule has 3 aliphatic heterocycles. The Hall–Kier alpha value is -3.16. The minimum absolute atomic E-state index is 0.0399. The van der Waals surface area contributed by atoms with Crippen molar-refractivity contribution in [2.24, 2.45) is 5.92 Å². The molecule has 1 aromatic heterocycles. The summed E-state index contributed by atoms with van der Waals surface area (Å²) < 4.78 is 16.6. The van der Waals surface area contributed by atoms with Crippen LogP contribution in [-0.2, 0) is 11.3 Å². The van der Waals surface area contributed by atoms with E-state index in [0.717, 1.165) is 42.2 Å².